The molecule has 0 amide bonds. The predicted molar refractivity (Wildman–Crippen MR) is 125 cm³/mol. The highest BCUT2D eigenvalue weighted by Crippen LogP contribution is 2.35. The Morgan fingerprint density at radius 3 is 2.24 bits per heavy atom. The van der Waals surface area contributed by atoms with E-state index in [0.717, 1.165) is 38.2 Å². The summed E-state index contributed by atoms with van der Waals surface area (Å²) in [5.74, 6) is 1.59. The van der Waals surface area contributed by atoms with Crippen LogP contribution < -0.4 is 4.90 Å². The average molecular weight is 393 g/mol. The first-order valence-electron chi connectivity index (χ1n) is 11.2. The van der Waals surface area contributed by atoms with Crippen molar-refractivity contribution in [3.63, 3.8) is 0 Å². The highest BCUT2D eigenvalue weighted by molar-refractivity contribution is 5.89. The molecule has 0 spiro atoms. The molecule has 0 saturated heterocycles. The van der Waals surface area contributed by atoms with Crippen molar-refractivity contribution < 1.29 is 0 Å². The number of rotatable bonds is 8. The molecule has 0 aliphatic rings. The molecular weight excluding hydrogens is 356 g/mol. The summed E-state index contributed by atoms with van der Waals surface area (Å²) in [6.07, 6.45) is 5.31. The smallest absolute Gasteiger partial charge is 0.128 e. The molecule has 1 aromatic carbocycles. The highest BCUT2D eigenvalue weighted by Gasteiger charge is 2.19. The number of hydrogen-bond acceptors (Lipinski definition) is 3. The van der Waals surface area contributed by atoms with Gasteiger partial charge in [0.1, 0.15) is 5.82 Å². The standard InChI is InChI=1S/C25H36N4/c1-8-18(9-2)25-21-13-17(6)20(15-23(21)28(7)27-25)22-16-26-24(14-19(22)10-3)29(11-4)12-5/h13-16,18H,8-12H2,1-7H3. The van der Waals surface area contributed by atoms with E-state index in [1.807, 2.05) is 0 Å². The molecule has 4 heteroatoms. The second-order valence-electron chi connectivity index (χ2n) is 7.93. The van der Waals surface area contributed by atoms with Crippen molar-refractivity contribution in [1.82, 2.24) is 14.8 Å². The Morgan fingerprint density at radius 2 is 1.66 bits per heavy atom. The van der Waals surface area contributed by atoms with Crippen LogP contribution in [0.1, 0.15) is 70.2 Å². The first-order valence-corrected chi connectivity index (χ1v) is 11.2. The summed E-state index contributed by atoms with van der Waals surface area (Å²) in [5, 5.41) is 6.20. The monoisotopic (exact) mass is 392 g/mol. The van der Waals surface area contributed by atoms with Crippen LogP contribution in [-0.2, 0) is 13.5 Å². The molecule has 3 aromatic rings. The normalized spacial score (nSPS) is 11.6. The van der Waals surface area contributed by atoms with E-state index in [1.54, 1.807) is 0 Å². The van der Waals surface area contributed by atoms with E-state index in [-0.39, 0.29) is 0 Å². The van der Waals surface area contributed by atoms with Crippen LogP contribution >= 0.6 is 0 Å². The lowest BCUT2D eigenvalue weighted by Gasteiger charge is -2.21. The zero-order valence-electron chi connectivity index (χ0n) is 19.2. The fourth-order valence-electron chi connectivity index (χ4n) is 4.45. The first kappa shape index (κ1) is 21.4. The van der Waals surface area contributed by atoms with E-state index in [2.05, 4.69) is 82.6 Å². The minimum absolute atomic E-state index is 0.519. The molecule has 0 aliphatic heterocycles. The Labute approximate surface area is 176 Å². The third kappa shape index (κ3) is 3.90. The summed E-state index contributed by atoms with van der Waals surface area (Å²) in [6.45, 7) is 15.3. The van der Waals surface area contributed by atoms with Crippen LogP contribution in [-0.4, -0.2) is 27.9 Å². The maximum atomic E-state index is 4.90. The first-order chi connectivity index (χ1) is 14.0. The number of fused-ring (bicyclic) bond motifs is 1. The van der Waals surface area contributed by atoms with Gasteiger partial charge in [-0.3, -0.25) is 4.68 Å². The predicted octanol–water partition coefficient (Wildman–Crippen LogP) is 6.26. The van der Waals surface area contributed by atoms with Crippen molar-refractivity contribution in [1.29, 1.82) is 0 Å². The fourth-order valence-corrected chi connectivity index (χ4v) is 4.45. The molecule has 0 aliphatic carbocycles. The largest absolute Gasteiger partial charge is 0.357 e. The summed E-state index contributed by atoms with van der Waals surface area (Å²) < 4.78 is 2.05. The van der Waals surface area contributed by atoms with E-state index in [0.29, 0.717) is 5.92 Å². The van der Waals surface area contributed by atoms with Gasteiger partial charge in [-0.25, -0.2) is 4.98 Å². The number of benzene rings is 1. The van der Waals surface area contributed by atoms with Crippen molar-refractivity contribution in [2.45, 2.75) is 66.7 Å². The Morgan fingerprint density at radius 1 is 0.966 bits per heavy atom. The quantitative estimate of drug-likeness (QED) is 0.454. The van der Waals surface area contributed by atoms with E-state index in [9.17, 15) is 0 Å². The summed E-state index contributed by atoms with van der Waals surface area (Å²) in [7, 11) is 2.07. The molecule has 156 valence electrons. The number of nitrogens with zero attached hydrogens (tertiary/aromatic N) is 4. The Balaban J connectivity index is 2.15. The van der Waals surface area contributed by atoms with E-state index < -0.39 is 0 Å². The molecule has 0 N–H and O–H groups in total. The van der Waals surface area contributed by atoms with Crippen LogP contribution in [0.3, 0.4) is 0 Å². The molecule has 2 heterocycles. The van der Waals surface area contributed by atoms with E-state index in [4.69, 9.17) is 10.1 Å². The van der Waals surface area contributed by atoms with Crippen LogP contribution in [0.2, 0.25) is 0 Å². The Hall–Kier alpha value is -2.36. The van der Waals surface area contributed by atoms with Gasteiger partial charge in [0.2, 0.25) is 0 Å². The van der Waals surface area contributed by atoms with Crippen LogP contribution in [0, 0.1) is 6.92 Å². The number of hydrogen-bond donors (Lipinski definition) is 0. The molecule has 0 unspecified atom stereocenters. The van der Waals surface area contributed by atoms with Gasteiger partial charge in [-0.15, -0.1) is 0 Å². The van der Waals surface area contributed by atoms with Crippen LogP contribution in [0.15, 0.2) is 24.4 Å². The Kier molecular flexibility index (Phi) is 6.61. The maximum Gasteiger partial charge on any atom is 0.128 e. The van der Waals surface area contributed by atoms with Crippen LogP contribution in [0.4, 0.5) is 5.82 Å². The zero-order chi connectivity index (χ0) is 21.1. The topological polar surface area (TPSA) is 34.0 Å². The molecule has 0 saturated carbocycles. The molecule has 0 bridgehead atoms. The minimum atomic E-state index is 0.519. The van der Waals surface area contributed by atoms with Gasteiger partial charge in [0.25, 0.3) is 0 Å². The third-order valence-corrected chi connectivity index (χ3v) is 6.33. The molecular formula is C25H36N4. The van der Waals surface area contributed by atoms with Crippen molar-refractivity contribution in [2.24, 2.45) is 7.05 Å². The van der Waals surface area contributed by atoms with Gasteiger partial charge in [0, 0.05) is 43.2 Å². The van der Waals surface area contributed by atoms with Crippen molar-refractivity contribution in [3.05, 3.63) is 41.2 Å². The zero-order valence-corrected chi connectivity index (χ0v) is 19.2. The minimum Gasteiger partial charge on any atom is -0.357 e. The van der Waals surface area contributed by atoms with Crippen LogP contribution in [0.25, 0.3) is 22.0 Å². The van der Waals surface area contributed by atoms with Gasteiger partial charge in [-0.05, 0) is 74.9 Å². The second kappa shape index (κ2) is 8.98. The van der Waals surface area contributed by atoms with Gasteiger partial charge in [-0.2, -0.15) is 5.10 Å². The molecule has 0 atom stereocenters. The third-order valence-electron chi connectivity index (χ3n) is 6.33. The number of pyridine rings is 1. The van der Waals surface area contributed by atoms with Crippen molar-refractivity contribution in [3.8, 4) is 11.1 Å². The molecule has 3 rings (SSSR count). The number of aromatic nitrogens is 3. The summed E-state index contributed by atoms with van der Waals surface area (Å²) in [6, 6.07) is 6.92. The molecule has 0 fully saturated rings. The van der Waals surface area contributed by atoms with E-state index >= 15 is 0 Å². The molecule has 4 nitrogen and oxygen atoms in total. The van der Waals surface area contributed by atoms with E-state index in [1.165, 1.54) is 38.9 Å². The highest BCUT2D eigenvalue weighted by atomic mass is 15.3. The summed E-state index contributed by atoms with van der Waals surface area (Å²) >= 11 is 0. The summed E-state index contributed by atoms with van der Waals surface area (Å²) in [5.41, 5.74) is 7.62. The number of anilines is 1. The summed E-state index contributed by atoms with van der Waals surface area (Å²) in [4.78, 5) is 7.12. The maximum absolute atomic E-state index is 4.90. The average Bonchev–Trinajstić information content (AvgIpc) is 3.04. The lowest BCUT2D eigenvalue weighted by Crippen LogP contribution is -2.23. The van der Waals surface area contributed by atoms with Crippen LogP contribution in [0.5, 0.6) is 0 Å². The molecule has 2 aromatic heterocycles. The Bertz CT molecular complexity index is 978. The lowest BCUT2D eigenvalue weighted by molar-refractivity contribution is 0.609. The van der Waals surface area contributed by atoms with Gasteiger partial charge in [0.15, 0.2) is 0 Å². The molecule has 29 heavy (non-hydrogen) atoms. The number of aryl methyl sites for hydroxylation is 3. The molecule has 0 radical (unpaired) electrons. The lowest BCUT2D eigenvalue weighted by atomic mass is 9.92. The SMILES string of the molecule is CCc1cc(N(CC)CC)ncc1-c1cc2c(cc1C)c(C(CC)CC)nn2C. The fraction of sp³-hybridized carbons (Fsp3) is 0.520. The van der Waals surface area contributed by atoms with Gasteiger partial charge < -0.3 is 4.90 Å². The van der Waals surface area contributed by atoms with Gasteiger partial charge in [-0.1, -0.05) is 20.8 Å². The van der Waals surface area contributed by atoms with Gasteiger partial charge in [0.05, 0.1) is 11.2 Å². The van der Waals surface area contributed by atoms with Crippen molar-refractivity contribution >= 4 is 16.7 Å². The van der Waals surface area contributed by atoms with Crippen molar-refractivity contribution in [2.75, 3.05) is 18.0 Å². The van der Waals surface area contributed by atoms with Gasteiger partial charge >= 0.3 is 0 Å². The second-order valence-corrected chi connectivity index (χ2v) is 7.93.